The summed E-state index contributed by atoms with van der Waals surface area (Å²) in [4.78, 5) is 0. The highest BCUT2D eigenvalue weighted by atomic mass is 16.5. The Hall–Kier alpha value is -3.25. The normalized spacial score (nSPS) is 11.3. The maximum absolute atomic E-state index is 9.42. The summed E-state index contributed by atoms with van der Waals surface area (Å²) in [6.07, 6.45) is 0. The van der Waals surface area contributed by atoms with Gasteiger partial charge in [-0.05, 0) is 35.4 Å². The molecule has 3 heteroatoms. The Balaban J connectivity index is 1.63. The summed E-state index contributed by atoms with van der Waals surface area (Å²) in [6.45, 7) is 0.532. The van der Waals surface area contributed by atoms with Crippen LogP contribution in [0.3, 0.4) is 0 Å². The van der Waals surface area contributed by atoms with Crippen molar-refractivity contribution < 1.29 is 4.74 Å². The van der Waals surface area contributed by atoms with Gasteiger partial charge in [0.05, 0.1) is 6.07 Å². The number of benzene rings is 3. The van der Waals surface area contributed by atoms with Crippen LogP contribution in [0, 0.1) is 11.3 Å². The third-order valence-electron chi connectivity index (χ3n) is 3.68. The molecular weight excluding hydrogens is 296 g/mol. The molecule has 0 aliphatic heterocycles. The van der Waals surface area contributed by atoms with E-state index in [4.69, 9.17) is 4.74 Å². The molecule has 0 aliphatic carbocycles. The first-order valence-electron chi connectivity index (χ1n) is 7.83. The van der Waals surface area contributed by atoms with Gasteiger partial charge >= 0.3 is 0 Å². The quantitative estimate of drug-likeness (QED) is 0.700. The van der Waals surface area contributed by atoms with Crippen molar-refractivity contribution in [1.29, 1.82) is 5.26 Å². The molecule has 0 spiro atoms. The van der Waals surface area contributed by atoms with Gasteiger partial charge < -0.3 is 10.1 Å². The van der Waals surface area contributed by atoms with Gasteiger partial charge in [-0.15, -0.1) is 0 Å². The second-order valence-electron chi connectivity index (χ2n) is 5.42. The van der Waals surface area contributed by atoms with Gasteiger partial charge in [-0.2, -0.15) is 5.26 Å². The van der Waals surface area contributed by atoms with E-state index in [-0.39, 0.29) is 0 Å². The lowest BCUT2D eigenvalue weighted by atomic mass is 10.1. The third-order valence-corrected chi connectivity index (χ3v) is 3.68. The second kappa shape index (κ2) is 7.85. The molecule has 3 rings (SSSR count). The highest BCUT2D eigenvalue weighted by Crippen LogP contribution is 2.22. The van der Waals surface area contributed by atoms with E-state index in [1.807, 2.05) is 84.9 Å². The van der Waals surface area contributed by atoms with E-state index in [2.05, 4.69) is 11.4 Å². The lowest BCUT2D eigenvalue weighted by Crippen LogP contribution is -2.08. The second-order valence-corrected chi connectivity index (χ2v) is 5.42. The van der Waals surface area contributed by atoms with E-state index < -0.39 is 6.04 Å². The predicted octanol–water partition coefficient (Wildman–Crippen LogP) is 4.94. The first-order chi connectivity index (χ1) is 11.8. The molecule has 0 aliphatic rings. The smallest absolute Gasteiger partial charge is 0.140 e. The molecule has 0 aromatic heterocycles. The van der Waals surface area contributed by atoms with Crippen LogP contribution in [-0.2, 0) is 6.61 Å². The van der Waals surface area contributed by atoms with Crippen molar-refractivity contribution in [2.45, 2.75) is 12.6 Å². The van der Waals surface area contributed by atoms with E-state index in [0.717, 1.165) is 22.6 Å². The Morgan fingerprint density at radius 2 is 1.46 bits per heavy atom. The minimum absolute atomic E-state index is 0.393. The Morgan fingerprint density at radius 1 is 0.833 bits per heavy atom. The maximum Gasteiger partial charge on any atom is 0.140 e. The van der Waals surface area contributed by atoms with Gasteiger partial charge in [0.25, 0.3) is 0 Å². The van der Waals surface area contributed by atoms with E-state index in [1.165, 1.54) is 0 Å². The number of rotatable bonds is 6. The molecule has 0 saturated heterocycles. The zero-order valence-electron chi connectivity index (χ0n) is 13.2. The lowest BCUT2D eigenvalue weighted by molar-refractivity contribution is 0.306. The van der Waals surface area contributed by atoms with Crippen LogP contribution in [0.15, 0.2) is 84.9 Å². The van der Waals surface area contributed by atoms with Crippen molar-refractivity contribution >= 4 is 5.69 Å². The molecule has 3 nitrogen and oxygen atoms in total. The van der Waals surface area contributed by atoms with Crippen LogP contribution in [0.2, 0.25) is 0 Å². The Kier molecular flexibility index (Phi) is 5.11. The Labute approximate surface area is 142 Å². The molecule has 3 aromatic carbocycles. The molecule has 1 atom stereocenters. The summed E-state index contributed by atoms with van der Waals surface area (Å²) in [5.74, 6) is 0.791. The zero-order chi connectivity index (χ0) is 16.6. The maximum atomic E-state index is 9.42. The molecule has 0 fully saturated rings. The molecule has 118 valence electrons. The SMILES string of the molecule is N#C[C@@H](Nc1ccccc1)c1ccc(OCc2ccccc2)cc1. The average Bonchev–Trinajstić information content (AvgIpc) is 2.67. The molecule has 3 aromatic rings. The van der Waals surface area contributed by atoms with Crippen molar-refractivity contribution in [2.24, 2.45) is 0 Å². The van der Waals surface area contributed by atoms with Crippen molar-refractivity contribution in [3.05, 3.63) is 96.1 Å². The molecular formula is C21H18N2O. The summed E-state index contributed by atoms with van der Waals surface area (Å²) in [7, 11) is 0. The van der Waals surface area contributed by atoms with Crippen LogP contribution in [0.25, 0.3) is 0 Å². The van der Waals surface area contributed by atoms with Gasteiger partial charge in [-0.1, -0.05) is 60.7 Å². The molecule has 24 heavy (non-hydrogen) atoms. The number of ether oxygens (including phenoxy) is 1. The fourth-order valence-electron chi connectivity index (χ4n) is 2.39. The van der Waals surface area contributed by atoms with Gasteiger partial charge in [0.15, 0.2) is 0 Å². The molecule has 0 bridgehead atoms. The molecule has 0 radical (unpaired) electrons. The minimum Gasteiger partial charge on any atom is -0.489 e. The third kappa shape index (κ3) is 4.15. The fraction of sp³-hybridized carbons (Fsp3) is 0.0952. The summed E-state index contributed by atoms with van der Waals surface area (Å²) in [5.41, 5.74) is 2.96. The molecule has 0 saturated carbocycles. The Bertz CT molecular complexity index is 793. The van der Waals surface area contributed by atoms with Gasteiger partial charge in [0.1, 0.15) is 18.4 Å². The summed E-state index contributed by atoms with van der Waals surface area (Å²) in [6, 6.07) is 29.3. The monoisotopic (exact) mass is 314 g/mol. The van der Waals surface area contributed by atoms with Crippen molar-refractivity contribution in [1.82, 2.24) is 0 Å². The predicted molar refractivity (Wildman–Crippen MR) is 95.6 cm³/mol. The molecule has 0 amide bonds. The highest BCUT2D eigenvalue weighted by Gasteiger charge is 2.10. The number of hydrogen-bond donors (Lipinski definition) is 1. The van der Waals surface area contributed by atoms with Crippen LogP contribution in [-0.4, -0.2) is 0 Å². The van der Waals surface area contributed by atoms with E-state index in [9.17, 15) is 5.26 Å². The zero-order valence-corrected chi connectivity index (χ0v) is 13.2. The fourth-order valence-corrected chi connectivity index (χ4v) is 2.39. The van der Waals surface area contributed by atoms with Crippen molar-refractivity contribution in [2.75, 3.05) is 5.32 Å². The number of nitriles is 1. The van der Waals surface area contributed by atoms with E-state index >= 15 is 0 Å². The van der Waals surface area contributed by atoms with Gasteiger partial charge in [-0.25, -0.2) is 0 Å². The van der Waals surface area contributed by atoms with Crippen molar-refractivity contribution in [3.63, 3.8) is 0 Å². The standard InChI is InChI=1S/C21H18N2O/c22-15-21(23-19-9-5-2-6-10-19)18-11-13-20(14-12-18)24-16-17-7-3-1-4-8-17/h1-14,21,23H,16H2/t21-/m1/s1. The van der Waals surface area contributed by atoms with Crippen LogP contribution in [0.5, 0.6) is 5.75 Å². The summed E-state index contributed by atoms with van der Waals surface area (Å²) >= 11 is 0. The highest BCUT2D eigenvalue weighted by molar-refractivity contribution is 5.47. The van der Waals surface area contributed by atoms with E-state index in [0.29, 0.717) is 6.61 Å². The molecule has 0 unspecified atom stereocenters. The number of anilines is 1. The minimum atomic E-state index is -0.393. The van der Waals surface area contributed by atoms with Crippen LogP contribution >= 0.6 is 0 Å². The van der Waals surface area contributed by atoms with Crippen LogP contribution in [0.1, 0.15) is 17.2 Å². The van der Waals surface area contributed by atoms with E-state index in [1.54, 1.807) is 0 Å². The summed E-state index contributed by atoms with van der Waals surface area (Å²) in [5, 5.41) is 12.6. The number of nitrogens with one attached hydrogen (secondary N) is 1. The van der Waals surface area contributed by atoms with Gasteiger partial charge in [-0.3, -0.25) is 0 Å². The largest absolute Gasteiger partial charge is 0.489 e. The Morgan fingerprint density at radius 3 is 2.08 bits per heavy atom. The molecule has 1 N–H and O–H groups in total. The topological polar surface area (TPSA) is 45.0 Å². The van der Waals surface area contributed by atoms with Crippen LogP contribution < -0.4 is 10.1 Å². The summed E-state index contributed by atoms with van der Waals surface area (Å²) < 4.78 is 5.78. The number of para-hydroxylation sites is 1. The van der Waals surface area contributed by atoms with Gasteiger partial charge in [0.2, 0.25) is 0 Å². The number of hydrogen-bond acceptors (Lipinski definition) is 3. The first kappa shape index (κ1) is 15.6. The van der Waals surface area contributed by atoms with Gasteiger partial charge in [0, 0.05) is 5.69 Å². The van der Waals surface area contributed by atoms with Crippen LogP contribution in [0.4, 0.5) is 5.69 Å². The average molecular weight is 314 g/mol. The number of nitrogens with zero attached hydrogens (tertiary/aromatic N) is 1. The first-order valence-corrected chi connectivity index (χ1v) is 7.83. The lowest BCUT2D eigenvalue weighted by Gasteiger charge is -2.14. The molecule has 0 heterocycles. The van der Waals surface area contributed by atoms with Crippen molar-refractivity contribution in [3.8, 4) is 11.8 Å².